The van der Waals surface area contributed by atoms with E-state index in [9.17, 15) is 15.0 Å². The maximum atomic E-state index is 12.2. The van der Waals surface area contributed by atoms with Crippen molar-refractivity contribution >= 4 is 34.9 Å². The molecule has 3 rings (SSSR count). The SMILES string of the molecule is O=C(Nc1ccc(-c2cc(O)c(O)cc2Cl)cn1)c1ccncc1Cl. The minimum Gasteiger partial charge on any atom is -0.504 e. The highest BCUT2D eigenvalue weighted by molar-refractivity contribution is 6.34. The van der Waals surface area contributed by atoms with E-state index in [1.54, 1.807) is 12.1 Å². The Morgan fingerprint density at radius 2 is 1.76 bits per heavy atom. The predicted molar refractivity (Wildman–Crippen MR) is 95.2 cm³/mol. The van der Waals surface area contributed by atoms with Crippen molar-refractivity contribution in [2.24, 2.45) is 0 Å². The van der Waals surface area contributed by atoms with Crippen molar-refractivity contribution in [1.82, 2.24) is 9.97 Å². The number of nitrogens with one attached hydrogen (secondary N) is 1. The molecular formula is C17H11Cl2N3O3. The number of phenolic OH excluding ortho intramolecular Hbond substituents is 2. The first kappa shape index (κ1) is 17.0. The van der Waals surface area contributed by atoms with Gasteiger partial charge < -0.3 is 15.5 Å². The first-order valence-corrected chi connectivity index (χ1v) is 7.80. The van der Waals surface area contributed by atoms with Crippen molar-refractivity contribution in [2.45, 2.75) is 0 Å². The lowest BCUT2D eigenvalue weighted by Gasteiger charge is -2.09. The number of aromatic nitrogens is 2. The van der Waals surface area contributed by atoms with Crippen LogP contribution in [0.5, 0.6) is 11.5 Å². The van der Waals surface area contributed by atoms with Crippen molar-refractivity contribution in [2.75, 3.05) is 5.32 Å². The maximum absolute atomic E-state index is 12.2. The Bertz CT molecular complexity index is 946. The van der Waals surface area contributed by atoms with Crippen LogP contribution in [0.3, 0.4) is 0 Å². The van der Waals surface area contributed by atoms with Gasteiger partial charge in [-0.05, 0) is 24.3 Å². The number of hydrogen-bond donors (Lipinski definition) is 3. The van der Waals surface area contributed by atoms with E-state index in [-0.39, 0.29) is 27.1 Å². The van der Waals surface area contributed by atoms with Gasteiger partial charge in [0.25, 0.3) is 5.91 Å². The lowest BCUT2D eigenvalue weighted by atomic mass is 10.1. The fourth-order valence-electron chi connectivity index (χ4n) is 2.14. The second kappa shape index (κ2) is 6.96. The lowest BCUT2D eigenvalue weighted by Crippen LogP contribution is -2.13. The summed E-state index contributed by atoms with van der Waals surface area (Å²) >= 11 is 12.0. The van der Waals surface area contributed by atoms with Gasteiger partial charge in [-0.1, -0.05) is 23.2 Å². The maximum Gasteiger partial charge on any atom is 0.258 e. The largest absolute Gasteiger partial charge is 0.504 e. The Labute approximate surface area is 152 Å². The molecule has 0 bridgehead atoms. The smallest absolute Gasteiger partial charge is 0.258 e. The van der Waals surface area contributed by atoms with Gasteiger partial charge in [0.2, 0.25) is 0 Å². The van der Waals surface area contributed by atoms with E-state index < -0.39 is 5.91 Å². The van der Waals surface area contributed by atoms with Crippen LogP contribution in [-0.4, -0.2) is 26.1 Å². The highest BCUT2D eigenvalue weighted by Crippen LogP contribution is 2.37. The van der Waals surface area contributed by atoms with E-state index in [1.165, 1.54) is 36.8 Å². The van der Waals surface area contributed by atoms with Crippen LogP contribution in [0.1, 0.15) is 10.4 Å². The van der Waals surface area contributed by atoms with Gasteiger partial charge in [0.05, 0.1) is 15.6 Å². The van der Waals surface area contributed by atoms with Crippen LogP contribution in [0, 0.1) is 0 Å². The molecule has 8 heteroatoms. The number of carbonyl (C=O) groups excluding carboxylic acids is 1. The molecule has 0 atom stereocenters. The lowest BCUT2D eigenvalue weighted by molar-refractivity contribution is 0.102. The number of nitrogens with zero attached hydrogens (tertiary/aromatic N) is 2. The summed E-state index contributed by atoms with van der Waals surface area (Å²) in [5.41, 5.74) is 1.40. The molecule has 0 saturated carbocycles. The topological polar surface area (TPSA) is 95.3 Å². The zero-order chi connectivity index (χ0) is 18.0. The number of phenols is 2. The van der Waals surface area contributed by atoms with Gasteiger partial charge >= 0.3 is 0 Å². The standard InChI is InChI=1S/C17H11Cl2N3O3/c18-12-6-15(24)14(23)5-11(12)9-1-2-16(21-7-9)22-17(25)10-3-4-20-8-13(10)19/h1-8,23-24H,(H,21,22,25). The molecular weight excluding hydrogens is 365 g/mol. The second-order valence-electron chi connectivity index (χ2n) is 5.06. The molecule has 0 spiro atoms. The summed E-state index contributed by atoms with van der Waals surface area (Å²) in [5.74, 6) is -0.683. The van der Waals surface area contributed by atoms with E-state index in [4.69, 9.17) is 23.2 Å². The van der Waals surface area contributed by atoms with Gasteiger partial charge in [0.1, 0.15) is 5.82 Å². The van der Waals surface area contributed by atoms with Gasteiger partial charge in [-0.2, -0.15) is 0 Å². The molecule has 3 N–H and O–H groups in total. The molecule has 0 aliphatic carbocycles. The number of anilines is 1. The minimum absolute atomic E-state index is 0.239. The number of aromatic hydroxyl groups is 2. The molecule has 0 saturated heterocycles. The third-order valence-electron chi connectivity index (χ3n) is 3.40. The van der Waals surface area contributed by atoms with Gasteiger partial charge in [-0.15, -0.1) is 0 Å². The molecule has 3 aromatic rings. The van der Waals surface area contributed by atoms with Gasteiger partial charge in [0, 0.05) is 35.8 Å². The van der Waals surface area contributed by atoms with Crippen LogP contribution in [0.2, 0.25) is 10.0 Å². The Balaban J connectivity index is 1.82. The second-order valence-corrected chi connectivity index (χ2v) is 5.88. The first-order chi connectivity index (χ1) is 12.0. The van der Waals surface area contributed by atoms with Gasteiger partial charge in [0.15, 0.2) is 11.5 Å². The van der Waals surface area contributed by atoms with Crippen LogP contribution < -0.4 is 5.32 Å². The number of carbonyl (C=O) groups is 1. The van der Waals surface area contributed by atoms with Crippen molar-refractivity contribution in [1.29, 1.82) is 0 Å². The minimum atomic E-state index is -0.409. The molecule has 0 fully saturated rings. The molecule has 1 aromatic carbocycles. The van der Waals surface area contributed by atoms with Gasteiger partial charge in [-0.3, -0.25) is 9.78 Å². The summed E-state index contributed by atoms with van der Waals surface area (Å²) in [7, 11) is 0. The molecule has 6 nitrogen and oxygen atoms in total. The molecule has 25 heavy (non-hydrogen) atoms. The number of hydrogen-bond acceptors (Lipinski definition) is 5. The Morgan fingerprint density at radius 3 is 2.44 bits per heavy atom. The van der Waals surface area contributed by atoms with Crippen molar-refractivity contribution in [3.05, 3.63) is 64.5 Å². The Hall–Kier alpha value is -2.83. The summed E-state index contributed by atoms with van der Waals surface area (Å²) in [6.45, 7) is 0. The van der Waals surface area contributed by atoms with Crippen LogP contribution in [0.25, 0.3) is 11.1 Å². The average molecular weight is 376 g/mol. The third-order valence-corrected chi connectivity index (χ3v) is 4.01. The van der Waals surface area contributed by atoms with Crippen molar-refractivity contribution in [3.8, 4) is 22.6 Å². The number of amides is 1. The summed E-state index contributed by atoms with van der Waals surface area (Å²) in [4.78, 5) is 20.2. The van der Waals surface area contributed by atoms with E-state index in [0.29, 0.717) is 16.9 Å². The Morgan fingerprint density at radius 1 is 1.00 bits per heavy atom. The molecule has 2 aromatic heterocycles. The number of pyridine rings is 2. The van der Waals surface area contributed by atoms with Gasteiger partial charge in [-0.25, -0.2) is 4.98 Å². The predicted octanol–water partition coefficient (Wildman–Crippen LogP) is 4.11. The number of rotatable bonds is 3. The van der Waals surface area contributed by atoms with E-state index in [0.717, 1.165) is 0 Å². The summed E-state index contributed by atoms with van der Waals surface area (Å²) in [6, 6.07) is 7.35. The fourth-order valence-corrected chi connectivity index (χ4v) is 2.61. The van der Waals surface area contributed by atoms with Crippen LogP contribution in [0.15, 0.2) is 48.9 Å². The van der Waals surface area contributed by atoms with Crippen LogP contribution in [0.4, 0.5) is 5.82 Å². The summed E-state index contributed by atoms with van der Waals surface area (Å²) in [6.07, 6.45) is 4.34. The molecule has 0 unspecified atom stereocenters. The zero-order valence-electron chi connectivity index (χ0n) is 12.6. The highest BCUT2D eigenvalue weighted by atomic mass is 35.5. The van der Waals surface area contributed by atoms with Crippen LogP contribution in [-0.2, 0) is 0 Å². The highest BCUT2D eigenvalue weighted by Gasteiger charge is 2.12. The summed E-state index contributed by atoms with van der Waals surface area (Å²) in [5, 5.41) is 22.2. The van der Waals surface area contributed by atoms with Crippen molar-refractivity contribution in [3.63, 3.8) is 0 Å². The van der Waals surface area contributed by atoms with E-state index in [1.807, 2.05) is 0 Å². The first-order valence-electron chi connectivity index (χ1n) is 7.04. The van der Waals surface area contributed by atoms with E-state index in [2.05, 4.69) is 15.3 Å². The van der Waals surface area contributed by atoms with Crippen molar-refractivity contribution < 1.29 is 15.0 Å². The summed E-state index contributed by atoms with van der Waals surface area (Å²) < 4.78 is 0. The number of benzene rings is 1. The zero-order valence-corrected chi connectivity index (χ0v) is 14.1. The molecule has 1 amide bonds. The normalized spacial score (nSPS) is 10.5. The molecule has 0 aliphatic heterocycles. The molecule has 0 aliphatic rings. The molecule has 0 radical (unpaired) electrons. The third kappa shape index (κ3) is 3.65. The fraction of sp³-hybridized carbons (Fsp3) is 0. The van der Waals surface area contributed by atoms with Crippen LogP contribution >= 0.6 is 23.2 Å². The molecule has 2 heterocycles. The monoisotopic (exact) mass is 375 g/mol. The average Bonchev–Trinajstić information content (AvgIpc) is 2.59. The Kier molecular flexibility index (Phi) is 4.74. The van der Waals surface area contributed by atoms with E-state index >= 15 is 0 Å². The molecule has 126 valence electrons. The number of halogens is 2. The quantitative estimate of drug-likeness (QED) is 0.598.